The number of rotatable bonds is 44. The minimum absolute atomic E-state index is 0.204. The molecule has 2 heterocycles. The van der Waals surface area contributed by atoms with Crippen LogP contribution >= 0.6 is 0 Å². The standard InChI is InChI=1S/C53H103NO13/c1-3-5-7-9-11-13-14-15-16-17-18-19-20-21-22-23-24-25-26-27-29-31-33-35-37-45(58)54-41(42(57)36-34-32-30-28-12-10-8-6-4-2)40-64-52-50(63)48(61)51(44(39-56)66-52)67-53-49(62)47(60)46(59)43(38-55)65-53/h41-44,46-53,55-57,59-63H,3-40H2,1-2H3,(H,54,58)/t41-,42+,43+,44+,46-,47?,48?,49?,50?,51+,52+,53-/m0/s1. The van der Waals surface area contributed by atoms with Gasteiger partial charge in [-0.1, -0.05) is 219 Å². The van der Waals surface area contributed by atoms with Crippen LogP contribution in [-0.2, 0) is 23.7 Å². The number of amides is 1. The summed E-state index contributed by atoms with van der Waals surface area (Å²) in [6.45, 7) is 2.85. The summed E-state index contributed by atoms with van der Waals surface area (Å²) >= 11 is 0. The van der Waals surface area contributed by atoms with Crippen LogP contribution in [0.25, 0.3) is 0 Å². The number of hydrogen-bond donors (Lipinski definition) is 9. The Hall–Kier alpha value is -1.01. The maximum Gasteiger partial charge on any atom is 0.220 e. The quantitative estimate of drug-likeness (QED) is 0.0263. The van der Waals surface area contributed by atoms with Crippen molar-refractivity contribution in [2.24, 2.45) is 0 Å². The normalized spacial score (nSPS) is 26.5. The van der Waals surface area contributed by atoms with Gasteiger partial charge in [0.2, 0.25) is 5.91 Å². The van der Waals surface area contributed by atoms with E-state index >= 15 is 0 Å². The van der Waals surface area contributed by atoms with E-state index in [2.05, 4.69) is 19.2 Å². The summed E-state index contributed by atoms with van der Waals surface area (Å²) in [6, 6.07) is -0.820. The minimum Gasteiger partial charge on any atom is -0.394 e. The van der Waals surface area contributed by atoms with E-state index in [-0.39, 0.29) is 12.5 Å². The number of nitrogens with one attached hydrogen (secondary N) is 1. The topological polar surface area (TPSA) is 228 Å². The molecule has 14 heteroatoms. The largest absolute Gasteiger partial charge is 0.394 e. The van der Waals surface area contributed by atoms with Gasteiger partial charge in [0.1, 0.15) is 48.8 Å². The molecule has 2 aliphatic rings. The van der Waals surface area contributed by atoms with E-state index in [1.165, 1.54) is 161 Å². The van der Waals surface area contributed by atoms with Gasteiger partial charge in [0.05, 0.1) is 32.0 Å². The van der Waals surface area contributed by atoms with Gasteiger partial charge in [0, 0.05) is 6.42 Å². The molecule has 0 radical (unpaired) electrons. The molecule has 0 aliphatic carbocycles. The highest BCUT2D eigenvalue weighted by Crippen LogP contribution is 2.30. The van der Waals surface area contributed by atoms with Crippen molar-refractivity contribution in [2.75, 3.05) is 19.8 Å². The fourth-order valence-corrected chi connectivity index (χ4v) is 9.53. The predicted molar refractivity (Wildman–Crippen MR) is 263 cm³/mol. The summed E-state index contributed by atoms with van der Waals surface area (Å²) in [5, 5.41) is 86.8. The molecule has 2 fully saturated rings. The highest BCUT2D eigenvalue weighted by atomic mass is 16.7. The first kappa shape index (κ1) is 62.1. The van der Waals surface area contributed by atoms with Crippen molar-refractivity contribution in [1.82, 2.24) is 5.32 Å². The van der Waals surface area contributed by atoms with E-state index in [1.54, 1.807) is 0 Å². The van der Waals surface area contributed by atoms with Crippen LogP contribution in [-0.4, -0.2) is 140 Å². The van der Waals surface area contributed by atoms with Crippen LogP contribution in [0.1, 0.15) is 239 Å². The second-order valence-corrected chi connectivity index (χ2v) is 20.1. The SMILES string of the molecule is CCCCCCCCCCCCCCCCCCCCCCCCCCC(=O)N[C@@H](CO[C@@H]1O[C@H](CO)[C@@H](O[C@@H]2O[C@H](CO)[C@H](O)C(O)C2O)C(O)C1O)[C@H](O)CCCCCCCCCCC. The Labute approximate surface area is 406 Å². The zero-order valence-corrected chi connectivity index (χ0v) is 42.4. The van der Waals surface area contributed by atoms with Crippen LogP contribution in [0.3, 0.4) is 0 Å². The Morgan fingerprint density at radius 2 is 0.851 bits per heavy atom. The summed E-state index contributed by atoms with van der Waals surface area (Å²) in [6.07, 6.45) is 25.6. The van der Waals surface area contributed by atoms with Gasteiger partial charge in [-0.05, 0) is 12.8 Å². The average molecular weight is 962 g/mol. The van der Waals surface area contributed by atoms with Gasteiger partial charge in [-0.2, -0.15) is 0 Å². The van der Waals surface area contributed by atoms with Crippen molar-refractivity contribution in [3.05, 3.63) is 0 Å². The van der Waals surface area contributed by atoms with Gasteiger partial charge in [0.15, 0.2) is 12.6 Å². The number of aliphatic hydroxyl groups is 8. The van der Waals surface area contributed by atoms with E-state index in [1.807, 2.05) is 0 Å². The van der Waals surface area contributed by atoms with Crippen molar-refractivity contribution < 1.29 is 64.6 Å². The number of unbranched alkanes of at least 4 members (excludes halogenated alkanes) is 31. The predicted octanol–water partition coefficient (Wildman–Crippen LogP) is 8.17. The lowest BCUT2D eigenvalue weighted by Gasteiger charge is -2.46. The number of carbonyl (C=O) groups excluding carboxylic acids is 1. The molecule has 0 saturated carbocycles. The smallest absolute Gasteiger partial charge is 0.220 e. The fraction of sp³-hybridized carbons (Fsp3) is 0.981. The first-order valence-electron chi connectivity index (χ1n) is 27.8. The molecular formula is C53H103NO13. The molecule has 2 saturated heterocycles. The second kappa shape index (κ2) is 40.6. The zero-order chi connectivity index (χ0) is 48.9. The summed E-state index contributed by atoms with van der Waals surface area (Å²) in [4.78, 5) is 13.2. The first-order chi connectivity index (χ1) is 32.6. The molecular weight excluding hydrogens is 859 g/mol. The third-order valence-corrected chi connectivity index (χ3v) is 14.1. The van der Waals surface area contributed by atoms with E-state index in [4.69, 9.17) is 18.9 Å². The molecule has 14 nitrogen and oxygen atoms in total. The minimum atomic E-state index is -1.78. The molecule has 2 rings (SSSR count). The maximum atomic E-state index is 13.2. The van der Waals surface area contributed by atoms with Crippen LogP contribution in [0.2, 0.25) is 0 Å². The van der Waals surface area contributed by atoms with Gasteiger partial charge < -0.3 is 65.1 Å². The third kappa shape index (κ3) is 27.4. The van der Waals surface area contributed by atoms with Crippen LogP contribution in [0.15, 0.2) is 0 Å². The maximum absolute atomic E-state index is 13.2. The Morgan fingerprint density at radius 1 is 0.478 bits per heavy atom. The molecule has 398 valence electrons. The molecule has 0 bridgehead atoms. The van der Waals surface area contributed by atoms with E-state index in [9.17, 15) is 45.6 Å². The van der Waals surface area contributed by atoms with Crippen LogP contribution in [0.5, 0.6) is 0 Å². The second-order valence-electron chi connectivity index (χ2n) is 20.1. The lowest BCUT2D eigenvalue weighted by Crippen LogP contribution is -2.65. The van der Waals surface area contributed by atoms with Gasteiger partial charge in [-0.3, -0.25) is 4.79 Å². The number of hydrogen-bond acceptors (Lipinski definition) is 13. The molecule has 4 unspecified atom stereocenters. The lowest BCUT2D eigenvalue weighted by atomic mass is 9.97. The number of aliphatic hydroxyl groups excluding tert-OH is 8. The van der Waals surface area contributed by atoms with Gasteiger partial charge in [0.25, 0.3) is 0 Å². The summed E-state index contributed by atoms with van der Waals surface area (Å²) < 4.78 is 22.7. The summed E-state index contributed by atoms with van der Waals surface area (Å²) in [7, 11) is 0. The monoisotopic (exact) mass is 962 g/mol. The Balaban J connectivity index is 1.69. The van der Waals surface area contributed by atoms with Gasteiger partial charge in [-0.25, -0.2) is 0 Å². The van der Waals surface area contributed by atoms with Gasteiger partial charge >= 0.3 is 0 Å². The summed E-state index contributed by atoms with van der Waals surface area (Å²) in [5.74, 6) is -0.204. The van der Waals surface area contributed by atoms with Crippen molar-refractivity contribution in [2.45, 2.75) is 312 Å². The molecule has 12 atom stereocenters. The first-order valence-corrected chi connectivity index (χ1v) is 27.8. The van der Waals surface area contributed by atoms with Crippen LogP contribution in [0, 0.1) is 0 Å². The third-order valence-electron chi connectivity index (χ3n) is 14.1. The van der Waals surface area contributed by atoms with E-state index in [0.717, 1.165) is 51.4 Å². The Bertz CT molecular complexity index is 1140. The molecule has 1 amide bonds. The van der Waals surface area contributed by atoms with E-state index in [0.29, 0.717) is 12.8 Å². The molecule has 0 spiro atoms. The van der Waals surface area contributed by atoms with Crippen LogP contribution < -0.4 is 5.32 Å². The lowest BCUT2D eigenvalue weighted by molar-refractivity contribution is -0.359. The highest BCUT2D eigenvalue weighted by molar-refractivity contribution is 5.76. The number of ether oxygens (including phenoxy) is 4. The molecule has 67 heavy (non-hydrogen) atoms. The number of carbonyl (C=O) groups is 1. The highest BCUT2D eigenvalue weighted by Gasteiger charge is 2.51. The van der Waals surface area contributed by atoms with Crippen molar-refractivity contribution in [3.63, 3.8) is 0 Å². The average Bonchev–Trinajstić information content (AvgIpc) is 3.32. The van der Waals surface area contributed by atoms with Gasteiger partial charge in [-0.15, -0.1) is 0 Å². The van der Waals surface area contributed by atoms with Crippen molar-refractivity contribution in [1.29, 1.82) is 0 Å². The van der Waals surface area contributed by atoms with E-state index < -0.39 is 86.8 Å². The van der Waals surface area contributed by atoms with Crippen molar-refractivity contribution in [3.8, 4) is 0 Å². The molecule has 2 aliphatic heterocycles. The molecule has 0 aromatic heterocycles. The molecule has 0 aromatic rings. The van der Waals surface area contributed by atoms with Crippen LogP contribution in [0.4, 0.5) is 0 Å². The Morgan fingerprint density at radius 3 is 1.27 bits per heavy atom. The zero-order valence-electron chi connectivity index (χ0n) is 42.4. The van der Waals surface area contributed by atoms with Crippen molar-refractivity contribution >= 4 is 5.91 Å². The summed E-state index contributed by atoms with van der Waals surface area (Å²) in [5.41, 5.74) is 0. The molecule has 9 N–H and O–H groups in total. The Kier molecular flexibility index (Phi) is 37.6. The molecule has 0 aromatic carbocycles. The fourth-order valence-electron chi connectivity index (χ4n) is 9.53.